The zero-order valence-corrected chi connectivity index (χ0v) is 15.0. The predicted molar refractivity (Wildman–Crippen MR) is 98.7 cm³/mol. The molecule has 0 fully saturated rings. The fraction of sp³-hybridized carbons (Fsp3) is 0.350. The summed E-state index contributed by atoms with van der Waals surface area (Å²) >= 11 is 1.73. The minimum Gasteiger partial charge on any atom is -0.493 e. The third kappa shape index (κ3) is 4.12. The maximum Gasteiger partial charge on any atom is 0.221 e. The number of carbonyl (C=O) groups is 1. The van der Waals surface area contributed by atoms with E-state index < -0.39 is 0 Å². The smallest absolute Gasteiger partial charge is 0.221 e. The summed E-state index contributed by atoms with van der Waals surface area (Å²) in [6.45, 7) is 4.89. The molecule has 1 atom stereocenters. The molecule has 3 rings (SSSR count). The Bertz CT molecular complexity index is 729. The second kappa shape index (κ2) is 7.75. The molecule has 0 spiro atoms. The van der Waals surface area contributed by atoms with Crippen molar-refractivity contribution in [3.05, 3.63) is 59.2 Å². The van der Waals surface area contributed by atoms with E-state index in [2.05, 4.69) is 37.4 Å². The molecule has 0 aromatic heterocycles. The van der Waals surface area contributed by atoms with Gasteiger partial charge < -0.3 is 10.1 Å². The standard InChI is InChI=1S/C20H23NO2S/c1-14-7-8-16(13-15(14)2)24-12-10-20(22)21-18-9-11-23-19-6-4-3-5-17(18)19/h3-8,13,18H,9-12H2,1-2H3,(H,21,22)/t18-/m1/s1. The quantitative estimate of drug-likeness (QED) is 0.818. The van der Waals surface area contributed by atoms with Crippen LogP contribution >= 0.6 is 11.8 Å². The summed E-state index contributed by atoms with van der Waals surface area (Å²) < 4.78 is 5.64. The van der Waals surface area contributed by atoms with Crippen LogP contribution in [-0.4, -0.2) is 18.3 Å². The fourth-order valence-corrected chi connectivity index (χ4v) is 3.77. The number of hydrogen-bond donors (Lipinski definition) is 1. The molecule has 1 heterocycles. The highest BCUT2D eigenvalue weighted by molar-refractivity contribution is 7.99. The monoisotopic (exact) mass is 341 g/mol. The molecule has 0 bridgehead atoms. The molecule has 0 saturated heterocycles. The molecule has 3 nitrogen and oxygen atoms in total. The highest BCUT2D eigenvalue weighted by Crippen LogP contribution is 2.31. The number of para-hydroxylation sites is 1. The first kappa shape index (κ1) is 16.9. The van der Waals surface area contributed by atoms with Crippen LogP contribution in [0.5, 0.6) is 5.75 Å². The van der Waals surface area contributed by atoms with Crippen LogP contribution in [0.2, 0.25) is 0 Å². The van der Waals surface area contributed by atoms with Crippen LogP contribution in [0.25, 0.3) is 0 Å². The predicted octanol–water partition coefficient (Wildman–Crippen LogP) is 4.43. The Hall–Kier alpha value is -1.94. The Morgan fingerprint density at radius 2 is 2.04 bits per heavy atom. The van der Waals surface area contributed by atoms with E-state index in [1.165, 1.54) is 16.0 Å². The van der Waals surface area contributed by atoms with Gasteiger partial charge in [-0.25, -0.2) is 0 Å². The topological polar surface area (TPSA) is 38.3 Å². The van der Waals surface area contributed by atoms with Crippen LogP contribution in [-0.2, 0) is 4.79 Å². The SMILES string of the molecule is Cc1ccc(SCCC(=O)N[C@@H]2CCOc3ccccc32)cc1C. The average molecular weight is 341 g/mol. The number of benzene rings is 2. The molecule has 1 N–H and O–H groups in total. The summed E-state index contributed by atoms with van der Waals surface area (Å²) in [4.78, 5) is 13.5. The summed E-state index contributed by atoms with van der Waals surface area (Å²) in [5, 5.41) is 3.15. The van der Waals surface area contributed by atoms with Gasteiger partial charge in [0.1, 0.15) is 5.75 Å². The molecule has 0 aliphatic carbocycles. The van der Waals surface area contributed by atoms with Crippen molar-refractivity contribution in [2.75, 3.05) is 12.4 Å². The molecule has 24 heavy (non-hydrogen) atoms. The Balaban J connectivity index is 1.50. The number of thioether (sulfide) groups is 1. The molecular formula is C20H23NO2S. The molecule has 4 heteroatoms. The lowest BCUT2D eigenvalue weighted by molar-refractivity contribution is -0.121. The lowest BCUT2D eigenvalue weighted by Crippen LogP contribution is -2.32. The first-order chi connectivity index (χ1) is 11.6. The maximum atomic E-state index is 12.3. The minimum absolute atomic E-state index is 0.0640. The molecule has 0 saturated carbocycles. The lowest BCUT2D eigenvalue weighted by Gasteiger charge is -2.26. The number of hydrogen-bond acceptors (Lipinski definition) is 3. The van der Waals surface area contributed by atoms with Gasteiger partial charge in [-0.05, 0) is 43.2 Å². The maximum absolute atomic E-state index is 12.3. The highest BCUT2D eigenvalue weighted by atomic mass is 32.2. The van der Waals surface area contributed by atoms with Crippen LogP contribution in [0.15, 0.2) is 47.4 Å². The number of carbonyl (C=O) groups excluding carboxylic acids is 1. The van der Waals surface area contributed by atoms with Gasteiger partial charge in [-0.1, -0.05) is 24.3 Å². The van der Waals surface area contributed by atoms with Gasteiger partial charge in [0.15, 0.2) is 0 Å². The van der Waals surface area contributed by atoms with Gasteiger partial charge in [0.25, 0.3) is 0 Å². The van der Waals surface area contributed by atoms with Crippen LogP contribution in [0.4, 0.5) is 0 Å². The zero-order valence-electron chi connectivity index (χ0n) is 14.2. The van der Waals surface area contributed by atoms with Crippen molar-refractivity contribution in [1.82, 2.24) is 5.32 Å². The van der Waals surface area contributed by atoms with Crippen molar-refractivity contribution in [3.63, 3.8) is 0 Å². The van der Waals surface area contributed by atoms with E-state index in [9.17, 15) is 4.79 Å². The van der Waals surface area contributed by atoms with Gasteiger partial charge in [-0.2, -0.15) is 0 Å². The Morgan fingerprint density at radius 1 is 1.21 bits per heavy atom. The van der Waals surface area contributed by atoms with E-state index in [0.29, 0.717) is 13.0 Å². The zero-order chi connectivity index (χ0) is 16.9. The number of ether oxygens (including phenoxy) is 1. The van der Waals surface area contributed by atoms with Crippen LogP contribution in [0, 0.1) is 13.8 Å². The van der Waals surface area contributed by atoms with Gasteiger partial charge >= 0.3 is 0 Å². The second-order valence-corrected chi connectivity index (χ2v) is 7.31. The summed E-state index contributed by atoms with van der Waals surface area (Å²) in [5.41, 5.74) is 3.68. The summed E-state index contributed by atoms with van der Waals surface area (Å²) in [7, 11) is 0. The van der Waals surface area contributed by atoms with Crippen molar-refractivity contribution in [2.24, 2.45) is 0 Å². The number of fused-ring (bicyclic) bond motifs is 1. The van der Waals surface area contributed by atoms with E-state index in [0.717, 1.165) is 23.5 Å². The number of amides is 1. The molecular weight excluding hydrogens is 318 g/mol. The van der Waals surface area contributed by atoms with E-state index in [4.69, 9.17) is 4.74 Å². The molecule has 126 valence electrons. The number of aryl methyl sites for hydroxylation is 2. The molecule has 0 radical (unpaired) electrons. The molecule has 2 aromatic carbocycles. The normalized spacial score (nSPS) is 16.2. The van der Waals surface area contributed by atoms with Crippen LogP contribution in [0.3, 0.4) is 0 Å². The van der Waals surface area contributed by atoms with Gasteiger partial charge in [0, 0.05) is 29.1 Å². The highest BCUT2D eigenvalue weighted by Gasteiger charge is 2.22. The van der Waals surface area contributed by atoms with E-state index in [1.54, 1.807) is 11.8 Å². The number of rotatable bonds is 5. The van der Waals surface area contributed by atoms with Crippen LogP contribution in [0.1, 0.15) is 35.6 Å². The first-order valence-electron chi connectivity index (χ1n) is 8.34. The van der Waals surface area contributed by atoms with Crippen molar-refractivity contribution in [3.8, 4) is 5.75 Å². The van der Waals surface area contributed by atoms with Gasteiger partial charge in [0.05, 0.1) is 12.6 Å². The van der Waals surface area contributed by atoms with Gasteiger partial charge in [-0.3, -0.25) is 4.79 Å². The molecule has 2 aromatic rings. The summed E-state index contributed by atoms with van der Waals surface area (Å²) in [5.74, 6) is 1.78. The van der Waals surface area contributed by atoms with Crippen molar-refractivity contribution in [2.45, 2.75) is 37.6 Å². The number of nitrogens with one attached hydrogen (secondary N) is 1. The Morgan fingerprint density at radius 3 is 2.88 bits per heavy atom. The van der Waals surface area contributed by atoms with Crippen LogP contribution < -0.4 is 10.1 Å². The molecule has 1 aliphatic rings. The van der Waals surface area contributed by atoms with Crippen molar-refractivity contribution >= 4 is 17.7 Å². The summed E-state index contributed by atoms with van der Waals surface area (Å²) in [6.07, 6.45) is 1.35. The van der Waals surface area contributed by atoms with Crippen molar-refractivity contribution < 1.29 is 9.53 Å². The molecule has 1 aliphatic heterocycles. The first-order valence-corrected chi connectivity index (χ1v) is 9.33. The van der Waals surface area contributed by atoms with E-state index in [1.807, 2.05) is 24.3 Å². The largest absolute Gasteiger partial charge is 0.493 e. The minimum atomic E-state index is 0.0640. The molecule has 0 unspecified atom stereocenters. The fourth-order valence-electron chi connectivity index (χ4n) is 2.82. The van der Waals surface area contributed by atoms with Crippen molar-refractivity contribution in [1.29, 1.82) is 0 Å². The Labute approximate surface area is 147 Å². The molecule has 1 amide bonds. The van der Waals surface area contributed by atoms with E-state index >= 15 is 0 Å². The Kier molecular flexibility index (Phi) is 5.46. The third-order valence-electron chi connectivity index (χ3n) is 4.37. The van der Waals surface area contributed by atoms with E-state index in [-0.39, 0.29) is 11.9 Å². The summed E-state index contributed by atoms with van der Waals surface area (Å²) in [6, 6.07) is 14.5. The van der Waals surface area contributed by atoms with Gasteiger partial charge in [-0.15, -0.1) is 11.8 Å². The third-order valence-corrected chi connectivity index (χ3v) is 5.37. The lowest BCUT2D eigenvalue weighted by atomic mass is 10.0. The average Bonchev–Trinajstić information content (AvgIpc) is 2.58. The van der Waals surface area contributed by atoms with Gasteiger partial charge in [0.2, 0.25) is 5.91 Å². The second-order valence-electron chi connectivity index (χ2n) is 6.14.